The fourth-order valence-corrected chi connectivity index (χ4v) is 2.01. The molecule has 0 saturated carbocycles. The third-order valence-electron chi connectivity index (χ3n) is 1.81. The normalized spacial score (nSPS) is 11.9. The number of hydrogen-bond donors (Lipinski definition) is 0. The molecule has 0 aliphatic carbocycles. The predicted octanol–water partition coefficient (Wildman–Crippen LogP) is 2.61. The van der Waals surface area contributed by atoms with Gasteiger partial charge in [0.2, 0.25) is 5.37 Å². The third kappa shape index (κ3) is 3.50. The van der Waals surface area contributed by atoms with Crippen LogP contribution in [-0.2, 0) is 4.79 Å². The number of halogens is 1. The van der Waals surface area contributed by atoms with E-state index in [0.717, 1.165) is 16.7 Å². The Morgan fingerprint density at radius 3 is 2.38 bits per heavy atom. The second-order valence-corrected chi connectivity index (χ2v) is 4.85. The summed E-state index contributed by atoms with van der Waals surface area (Å²) in [6, 6.07) is 6.89. The Balaban J connectivity index is 2.74. The van der Waals surface area contributed by atoms with Gasteiger partial charge in [0.25, 0.3) is 5.91 Å². The van der Waals surface area contributed by atoms with Crippen LogP contribution in [0.15, 0.2) is 34.3 Å². The zero-order valence-corrected chi connectivity index (χ0v) is 10.5. The topological polar surface area (TPSA) is 49.7 Å². The Kier molecular flexibility index (Phi) is 4.76. The highest BCUT2D eigenvalue weighted by Gasteiger charge is 2.22. The Morgan fingerprint density at radius 2 is 1.94 bits per heavy atom. The maximum atomic E-state index is 11.5. The standard InChI is InChI=1S/C10H11ClN2O2S/c1-13(2)10(14)9(12-15)16-8-5-3-7(11)4-6-8/h3-6,9H,1-2H3. The molecule has 0 bridgehead atoms. The van der Waals surface area contributed by atoms with E-state index in [1.54, 1.807) is 38.4 Å². The number of nitroso groups, excluding NO2 is 1. The molecule has 1 amide bonds. The lowest BCUT2D eigenvalue weighted by molar-refractivity contribution is -0.127. The van der Waals surface area contributed by atoms with Crippen molar-refractivity contribution in [1.29, 1.82) is 0 Å². The molecule has 0 aliphatic rings. The molecule has 0 spiro atoms. The van der Waals surface area contributed by atoms with Crippen molar-refractivity contribution >= 4 is 29.3 Å². The van der Waals surface area contributed by atoms with E-state index in [9.17, 15) is 9.70 Å². The number of likely N-dealkylation sites (N-methyl/N-ethyl adjacent to an activating group) is 1. The van der Waals surface area contributed by atoms with Gasteiger partial charge in [-0.15, -0.1) is 4.91 Å². The molecule has 0 fully saturated rings. The second kappa shape index (κ2) is 5.86. The number of carbonyl (C=O) groups excluding carboxylic acids is 1. The quantitative estimate of drug-likeness (QED) is 0.616. The van der Waals surface area contributed by atoms with Crippen molar-refractivity contribution in [2.45, 2.75) is 10.3 Å². The van der Waals surface area contributed by atoms with Gasteiger partial charge in [0.05, 0.1) is 0 Å². The van der Waals surface area contributed by atoms with E-state index in [-0.39, 0.29) is 5.91 Å². The lowest BCUT2D eigenvalue weighted by atomic mass is 10.4. The van der Waals surface area contributed by atoms with Crippen LogP contribution in [0.5, 0.6) is 0 Å². The van der Waals surface area contributed by atoms with Crippen molar-refractivity contribution in [2.24, 2.45) is 5.18 Å². The lowest BCUT2D eigenvalue weighted by Crippen LogP contribution is -2.30. The summed E-state index contributed by atoms with van der Waals surface area (Å²) in [4.78, 5) is 24.2. The summed E-state index contributed by atoms with van der Waals surface area (Å²) >= 11 is 6.83. The first-order valence-electron chi connectivity index (χ1n) is 4.50. The van der Waals surface area contributed by atoms with Crippen LogP contribution in [0.1, 0.15) is 0 Å². The summed E-state index contributed by atoms with van der Waals surface area (Å²) < 4.78 is 0. The van der Waals surface area contributed by atoms with Crippen molar-refractivity contribution in [3.63, 3.8) is 0 Å². The smallest absolute Gasteiger partial charge is 0.261 e. The van der Waals surface area contributed by atoms with Crippen molar-refractivity contribution in [3.05, 3.63) is 34.2 Å². The van der Waals surface area contributed by atoms with Gasteiger partial charge in [-0.05, 0) is 29.4 Å². The largest absolute Gasteiger partial charge is 0.346 e. The van der Waals surface area contributed by atoms with Crippen LogP contribution < -0.4 is 0 Å². The lowest BCUT2D eigenvalue weighted by Gasteiger charge is -2.14. The average Bonchev–Trinajstić information content (AvgIpc) is 2.27. The Morgan fingerprint density at radius 1 is 1.38 bits per heavy atom. The fraction of sp³-hybridized carbons (Fsp3) is 0.300. The number of nitrogens with zero attached hydrogens (tertiary/aromatic N) is 2. The van der Waals surface area contributed by atoms with Crippen molar-refractivity contribution < 1.29 is 4.79 Å². The minimum absolute atomic E-state index is 0.324. The Hall–Kier alpha value is -1.07. The van der Waals surface area contributed by atoms with Crippen LogP contribution in [0.3, 0.4) is 0 Å². The highest BCUT2D eigenvalue weighted by atomic mass is 35.5. The molecule has 4 nitrogen and oxygen atoms in total. The van der Waals surface area contributed by atoms with E-state index < -0.39 is 5.37 Å². The SMILES string of the molecule is CN(C)C(=O)C(N=O)Sc1ccc(Cl)cc1. The number of benzene rings is 1. The van der Waals surface area contributed by atoms with Crippen LogP contribution >= 0.6 is 23.4 Å². The first kappa shape index (κ1) is 13.0. The van der Waals surface area contributed by atoms with Crippen molar-refractivity contribution in [2.75, 3.05) is 14.1 Å². The summed E-state index contributed by atoms with van der Waals surface area (Å²) in [5.74, 6) is -0.324. The van der Waals surface area contributed by atoms with Gasteiger partial charge < -0.3 is 4.90 Å². The van der Waals surface area contributed by atoms with Gasteiger partial charge in [0, 0.05) is 24.0 Å². The molecule has 86 valence electrons. The van der Waals surface area contributed by atoms with E-state index in [0.29, 0.717) is 5.02 Å². The summed E-state index contributed by atoms with van der Waals surface area (Å²) in [7, 11) is 3.17. The number of amides is 1. The molecule has 0 N–H and O–H groups in total. The van der Waals surface area contributed by atoms with Gasteiger partial charge in [-0.1, -0.05) is 23.4 Å². The first-order chi connectivity index (χ1) is 7.54. The molecule has 0 heterocycles. The van der Waals surface area contributed by atoms with Gasteiger partial charge >= 0.3 is 0 Å². The molecule has 0 saturated heterocycles. The molecule has 1 aromatic rings. The molecule has 1 aromatic carbocycles. The van der Waals surface area contributed by atoms with Crippen LogP contribution in [0.2, 0.25) is 5.02 Å². The van der Waals surface area contributed by atoms with Gasteiger partial charge in [0.1, 0.15) is 0 Å². The Labute approximate surface area is 103 Å². The molecule has 1 rings (SSSR count). The van der Waals surface area contributed by atoms with E-state index >= 15 is 0 Å². The summed E-state index contributed by atoms with van der Waals surface area (Å²) in [6.07, 6.45) is 0. The molecule has 6 heteroatoms. The van der Waals surface area contributed by atoms with E-state index in [4.69, 9.17) is 11.6 Å². The summed E-state index contributed by atoms with van der Waals surface area (Å²) in [5.41, 5.74) is 0. The maximum absolute atomic E-state index is 11.5. The van der Waals surface area contributed by atoms with E-state index in [1.807, 2.05) is 0 Å². The number of rotatable bonds is 4. The zero-order chi connectivity index (χ0) is 12.1. The molecule has 0 aliphatic heterocycles. The van der Waals surface area contributed by atoms with Crippen molar-refractivity contribution in [1.82, 2.24) is 4.90 Å². The number of hydrogen-bond acceptors (Lipinski definition) is 4. The van der Waals surface area contributed by atoms with Gasteiger partial charge in [-0.3, -0.25) is 4.79 Å². The Bertz CT molecular complexity index is 381. The van der Waals surface area contributed by atoms with Crippen LogP contribution in [0, 0.1) is 4.91 Å². The number of carbonyl (C=O) groups is 1. The molecular formula is C10H11ClN2O2S. The second-order valence-electron chi connectivity index (χ2n) is 3.26. The monoisotopic (exact) mass is 258 g/mol. The molecule has 1 unspecified atom stereocenters. The highest BCUT2D eigenvalue weighted by Crippen LogP contribution is 2.26. The van der Waals surface area contributed by atoms with Crippen LogP contribution in [-0.4, -0.2) is 30.3 Å². The molecular weight excluding hydrogens is 248 g/mol. The minimum atomic E-state index is -0.948. The minimum Gasteiger partial charge on any atom is -0.346 e. The first-order valence-corrected chi connectivity index (χ1v) is 5.76. The van der Waals surface area contributed by atoms with Crippen molar-refractivity contribution in [3.8, 4) is 0 Å². The van der Waals surface area contributed by atoms with Gasteiger partial charge in [-0.25, -0.2) is 0 Å². The molecule has 16 heavy (non-hydrogen) atoms. The van der Waals surface area contributed by atoms with Gasteiger partial charge in [-0.2, -0.15) is 0 Å². The molecule has 1 atom stereocenters. The predicted molar refractivity (Wildman–Crippen MR) is 65.6 cm³/mol. The van der Waals surface area contributed by atoms with Crippen LogP contribution in [0.25, 0.3) is 0 Å². The summed E-state index contributed by atoms with van der Waals surface area (Å²) in [5, 5.41) is 2.48. The fourth-order valence-electron chi connectivity index (χ4n) is 0.980. The van der Waals surface area contributed by atoms with E-state index in [2.05, 4.69) is 5.18 Å². The molecule has 0 radical (unpaired) electrons. The average molecular weight is 259 g/mol. The van der Waals surface area contributed by atoms with Crippen LogP contribution in [0.4, 0.5) is 0 Å². The molecule has 0 aromatic heterocycles. The highest BCUT2D eigenvalue weighted by molar-refractivity contribution is 8.00. The zero-order valence-electron chi connectivity index (χ0n) is 8.88. The van der Waals surface area contributed by atoms with Gasteiger partial charge in [0.15, 0.2) is 0 Å². The summed E-state index contributed by atoms with van der Waals surface area (Å²) in [6.45, 7) is 0. The maximum Gasteiger partial charge on any atom is 0.261 e. The number of thioether (sulfide) groups is 1. The van der Waals surface area contributed by atoms with E-state index in [1.165, 1.54) is 4.90 Å². The third-order valence-corrected chi connectivity index (χ3v) is 3.12.